The van der Waals surface area contributed by atoms with Gasteiger partial charge in [0.15, 0.2) is 0 Å². The van der Waals surface area contributed by atoms with Gasteiger partial charge in [0, 0.05) is 23.2 Å². The molecule has 0 aliphatic carbocycles. The van der Waals surface area contributed by atoms with Crippen LogP contribution >= 0.6 is 0 Å². The minimum atomic E-state index is -0.840. The Morgan fingerprint density at radius 2 is 1.74 bits per heavy atom. The lowest BCUT2D eigenvalue weighted by Crippen LogP contribution is -2.15. The fraction of sp³-hybridized carbons (Fsp3) is 0.118. The predicted molar refractivity (Wildman–Crippen MR) is 87.8 cm³/mol. The van der Waals surface area contributed by atoms with Crippen molar-refractivity contribution in [2.24, 2.45) is 5.73 Å². The molecule has 0 unspecified atom stereocenters. The van der Waals surface area contributed by atoms with Gasteiger partial charge in [0.2, 0.25) is 0 Å². The summed E-state index contributed by atoms with van der Waals surface area (Å²) in [6, 6.07) is 13.5. The minimum absolute atomic E-state index is 0.0730. The molecule has 0 aliphatic rings. The zero-order valence-corrected chi connectivity index (χ0v) is 12.4. The average molecular weight is 311 g/mol. The number of nitrogens with two attached hydrogens (primary N) is 1. The van der Waals surface area contributed by atoms with Crippen molar-refractivity contribution in [2.75, 3.05) is 5.32 Å². The smallest absolute Gasteiger partial charge is 0.303 e. The van der Waals surface area contributed by atoms with Crippen LogP contribution in [0.25, 0.3) is 0 Å². The standard InChI is InChI=1S/C17H17N3O3/c18-16(19)12-2-1-3-13(10-12)17(23)20-14-7-4-11(5-8-14)6-9-15(21)22/h1-5,7-8,10H,6,9H2,(H3,18,19)(H,20,23)(H,21,22). The molecule has 23 heavy (non-hydrogen) atoms. The fourth-order valence-corrected chi connectivity index (χ4v) is 2.04. The topological polar surface area (TPSA) is 116 Å². The summed E-state index contributed by atoms with van der Waals surface area (Å²) >= 11 is 0. The third kappa shape index (κ3) is 4.67. The number of nitrogens with one attached hydrogen (secondary N) is 2. The highest BCUT2D eigenvalue weighted by Gasteiger charge is 2.08. The highest BCUT2D eigenvalue weighted by Crippen LogP contribution is 2.13. The lowest BCUT2D eigenvalue weighted by atomic mass is 10.1. The fourth-order valence-electron chi connectivity index (χ4n) is 2.04. The van der Waals surface area contributed by atoms with Crippen molar-refractivity contribution in [3.8, 4) is 0 Å². The summed E-state index contributed by atoms with van der Waals surface area (Å²) in [7, 11) is 0. The van der Waals surface area contributed by atoms with Gasteiger partial charge < -0.3 is 16.2 Å². The SMILES string of the molecule is N=C(N)c1cccc(C(=O)Nc2ccc(CCC(=O)O)cc2)c1. The molecule has 5 N–H and O–H groups in total. The molecule has 0 fully saturated rings. The van der Waals surface area contributed by atoms with E-state index in [1.165, 1.54) is 0 Å². The molecule has 6 nitrogen and oxygen atoms in total. The van der Waals surface area contributed by atoms with Crippen LogP contribution in [0.1, 0.15) is 27.9 Å². The molecule has 0 radical (unpaired) electrons. The Balaban J connectivity index is 2.04. The number of hydrogen-bond donors (Lipinski definition) is 4. The maximum Gasteiger partial charge on any atom is 0.303 e. The van der Waals surface area contributed by atoms with E-state index in [0.29, 0.717) is 23.2 Å². The number of carbonyl (C=O) groups is 2. The van der Waals surface area contributed by atoms with Crippen molar-refractivity contribution in [3.63, 3.8) is 0 Å². The Morgan fingerprint density at radius 3 is 2.35 bits per heavy atom. The molecular formula is C17H17N3O3. The molecule has 0 saturated heterocycles. The lowest BCUT2D eigenvalue weighted by molar-refractivity contribution is -0.136. The first kappa shape index (κ1) is 16.2. The second kappa shape index (κ2) is 7.22. The Labute approximate surface area is 133 Å². The third-order valence-electron chi connectivity index (χ3n) is 3.28. The molecule has 0 aromatic heterocycles. The number of aliphatic carboxylic acids is 1. The molecule has 0 heterocycles. The van der Waals surface area contributed by atoms with Crippen LogP contribution in [0.2, 0.25) is 0 Å². The number of carboxylic acid groups (broad SMARTS) is 1. The molecule has 2 aromatic carbocycles. The molecule has 0 bridgehead atoms. The zero-order valence-electron chi connectivity index (χ0n) is 12.4. The summed E-state index contributed by atoms with van der Waals surface area (Å²) in [5.74, 6) is -1.23. The summed E-state index contributed by atoms with van der Waals surface area (Å²) in [6.07, 6.45) is 0.522. The summed E-state index contributed by atoms with van der Waals surface area (Å²) in [5.41, 5.74) is 7.81. The van der Waals surface area contributed by atoms with Crippen molar-refractivity contribution in [2.45, 2.75) is 12.8 Å². The molecule has 118 valence electrons. The van der Waals surface area contributed by atoms with Gasteiger partial charge in [-0.25, -0.2) is 0 Å². The minimum Gasteiger partial charge on any atom is -0.481 e. The van der Waals surface area contributed by atoms with Crippen molar-refractivity contribution in [1.29, 1.82) is 5.41 Å². The van der Waals surface area contributed by atoms with E-state index in [9.17, 15) is 9.59 Å². The summed E-state index contributed by atoms with van der Waals surface area (Å²) in [4.78, 5) is 22.7. The van der Waals surface area contributed by atoms with Gasteiger partial charge >= 0.3 is 5.97 Å². The number of rotatable bonds is 6. The normalized spacial score (nSPS) is 10.1. The third-order valence-corrected chi connectivity index (χ3v) is 3.28. The van der Waals surface area contributed by atoms with Crippen LogP contribution in [-0.2, 0) is 11.2 Å². The molecule has 0 atom stereocenters. The lowest BCUT2D eigenvalue weighted by Gasteiger charge is -2.07. The highest BCUT2D eigenvalue weighted by molar-refractivity contribution is 6.06. The first-order valence-electron chi connectivity index (χ1n) is 7.02. The Bertz CT molecular complexity index is 739. The van der Waals surface area contributed by atoms with Crippen molar-refractivity contribution >= 4 is 23.4 Å². The summed E-state index contributed by atoms with van der Waals surface area (Å²) in [5, 5.41) is 18.8. The molecule has 6 heteroatoms. The van der Waals surface area contributed by atoms with E-state index in [1.54, 1.807) is 48.5 Å². The number of anilines is 1. The largest absolute Gasteiger partial charge is 0.481 e. The van der Waals surface area contributed by atoms with Crippen molar-refractivity contribution in [1.82, 2.24) is 0 Å². The molecule has 2 rings (SSSR count). The van der Waals surface area contributed by atoms with Gasteiger partial charge in [-0.15, -0.1) is 0 Å². The van der Waals surface area contributed by atoms with Gasteiger partial charge in [0.1, 0.15) is 5.84 Å². The molecule has 1 amide bonds. The number of benzene rings is 2. The monoisotopic (exact) mass is 311 g/mol. The number of aryl methyl sites for hydroxylation is 1. The van der Waals surface area contributed by atoms with E-state index in [1.807, 2.05) is 0 Å². The van der Waals surface area contributed by atoms with Gasteiger partial charge in [0.25, 0.3) is 5.91 Å². The first-order valence-corrected chi connectivity index (χ1v) is 7.02. The van der Waals surface area contributed by atoms with Crippen molar-refractivity contribution < 1.29 is 14.7 Å². The second-order valence-corrected chi connectivity index (χ2v) is 5.04. The maximum absolute atomic E-state index is 12.2. The van der Waals surface area contributed by atoms with Gasteiger partial charge in [0.05, 0.1) is 0 Å². The zero-order chi connectivity index (χ0) is 16.8. The van der Waals surface area contributed by atoms with Gasteiger partial charge in [-0.05, 0) is 36.2 Å². The van der Waals surface area contributed by atoms with Crippen LogP contribution in [0.3, 0.4) is 0 Å². The Morgan fingerprint density at radius 1 is 1.09 bits per heavy atom. The van der Waals surface area contributed by atoms with Crippen LogP contribution in [0.15, 0.2) is 48.5 Å². The van der Waals surface area contributed by atoms with E-state index in [0.717, 1.165) is 5.56 Å². The van der Waals surface area contributed by atoms with E-state index in [2.05, 4.69) is 5.32 Å². The second-order valence-electron chi connectivity index (χ2n) is 5.04. The number of amidine groups is 1. The van der Waals surface area contributed by atoms with Crippen molar-refractivity contribution in [3.05, 3.63) is 65.2 Å². The average Bonchev–Trinajstić information content (AvgIpc) is 2.54. The quantitative estimate of drug-likeness (QED) is 0.483. The van der Waals surface area contributed by atoms with E-state index in [4.69, 9.17) is 16.2 Å². The van der Waals surface area contributed by atoms with Gasteiger partial charge in [-0.3, -0.25) is 15.0 Å². The van der Waals surface area contributed by atoms with Gasteiger partial charge in [-0.2, -0.15) is 0 Å². The number of carbonyl (C=O) groups excluding carboxylic acids is 1. The molecule has 0 aliphatic heterocycles. The number of hydrogen-bond acceptors (Lipinski definition) is 3. The summed E-state index contributed by atoms with van der Waals surface area (Å²) < 4.78 is 0. The van der Waals surface area contributed by atoms with Crippen LogP contribution in [-0.4, -0.2) is 22.8 Å². The molecule has 2 aromatic rings. The summed E-state index contributed by atoms with van der Waals surface area (Å²) in [6.45, 7) is 0. The Kier molecular flexibility index (Phi) is 5.09. The van der Waals surface area contributed by atoms with Crippen LogP contribution in [0, 0.1) is 5.41 Å². The van der Waals surface area contributed by atoms with Gasteiger partial charge in [-0.1, -0.05) is 24.3 Å². The van der Waals surface area contributed by atoms with E-state index < -0.39 is 5.97 Å². The first-order chi connectivity index (χ1) is 11.0. The van der Waals surface area contributed by atoms with E-state index in [-0.39, 0.29) is 18.2 Å². The molecule has 0 saturated carbocycles. The number of amides is 1. The van der Waals surface area contributed by atoms with Crippen LogP contribution in [0.5, 0.6) is 0 Å². The highest BCUT2D eigenvalue weighted by atomic mass is 16.4. The Hall–Kier alpha value is -3.15. The van der Waals surface area contributed by atoms with E-state index >= 15 is 0 Å². The predicted octanol–water partition coefficient (Wildman–Crippen LogP) is 2.24. The van der Waals surface area contributed by atoms with Crippen LogP contribution < -0.4 is 11.1 Å². The molecule has 0 spiro atoms. The molecular weight excluding hydrogens is 294 g/mol. The van der Waals surface area contributed by atoms with Crippen LogP contribution in [0.4, 0.5) is 5.69 Å². The number of carboxylic acids is 1. The number of nitrogen functional groups attached to an aromatic ring is 1. The maximum atomic E-state index is 12.2.